The van der Waals surface area contributed by atoms with E-state index in [1.165, 1.54) is 51.4 Å². The van der Waals surface area contributed by atoms with E-state index in [0.29, 0.717) is 23.9 Å². The second-order valence-electron chi connectivity index (χ2n) is 15.7. The maximum Gasteiger partial charge on any atom is 0.472 e. The number of unbranched alkanes of at least 4 members (excludes halogenated alkanes) is 11. The number of hydrogen-bond donors (Lipinski definition) is 1. The van der Waals surface area contributed by atoms with E-state index in [0.717, 1.165) is 64.2 Å². The molecule has 10 heteroatoms. The lowest BCUT2D eigenvalue weighted by Gasteiger charge is -2.24. The number of allylic oxidation sites excluding steroid dienone is 14. The van der Waals surface area contributed by atoms with Gasteiger partial charge in [-0.2, -0.15) is 0 Å². The third-order valence-corrected chi connectivity index (χ3v) is 9.88. The topological polar surface area (TPSA) is 108 Å². The first-order valence-corrected chi connectivity index (χ1v) is 23.8. The van der Waals surface area contributed by atoms with Crippen molar-refractivity contribution in [2.24, 2.45) is 0 Å². The SMILES string of the molecule is CCCCC/C=C\C/C=C\C/C=C\C/C=C\CCCC(=O)OC[C@H](COP(=O)(O)OCC[N+](C)(C)C)OC(=O)CCCCCC/C=C\C/C=C\C/C=C\CCCCC. The highest BCUT2D eigenvalue weighted by atomic mass is 31.2. The second-order valence-corrected chi connectivity index (χ2v) is 17.2. The van der Waals surface area contributed by atoms with Crippen molar-refractivity contribution in [1.82, 2.24) is 0 Å². The number of carbonyl (C=O) groups excluding carboxylic acids is 2. The van der Waals surface area contributed by atoms with Crippen molar-refractivity contribution in [3.05, 3.63) is 85.1 Å². The van der Waals surface area contributed by atoms with Gasteiger partial charge in [0.05, 0.1) is 27.7 Å². The Morgan fingerprint density at radius 3 is 1.41 bits per heavy atom. The molecule has 0 aromatic carbocycles. The molecule has 0 spiro atoms. The number of phosphoric ester groups is 1. The molecule has 0 bridgehead atoms. The van der Waals surface area contributed by atoms with Crippen LogP contribution in [-0.2, 0) is 32.7 Å². The minimum Gasteiger partial charge on any atom is -0.462 e. The lowest BCUT2D eigenvalue weighted by atomic mass is 10.1. The lowest BCUT2D eigenvalue weighted by molar-refractivity contribution is -0.870. The molecule has 0 aliphatic heterocycles. The number of phosphoric acid groups is 1. The summed E-state index contributed by atoms with van der Waals surface area (Å²) in [5.74, 6) is -0.898. The van der Waals surface area contributed by atoms with Crippen LogP contribution >= 0.6 is 7.82 Å². The van der Waals surface area contributed by atoms with Crippen LogP contribution in [0.25, 0.3) is 0 Å². The first kappa shape index (κ1) is 55.2. The zero-order valence-corrected chi connectivity index (χ0v) is 38.1. The molecule has 0 aromatic rings. The molecule has 1 unspecified atom stereocenters. The molecule has 9 nitrogen and oxygen atoms in total. The molecule has 2 atom stereocenters. The Labute approximate surface area is 354 Å². The monoisotopic (exact) mass is 833 g/mol. The van der Waals surface area contributed by atoms with Crippen molar-refractivity contribution in [3.8, 4) is 0 Å². The number of esters is 2. The first-order valence-electron chi connectivity index (χ1n) is 22.3. The number of carbonyl (C=O) groups is 2. The number of ether oxygens (including phenoxy) is 2. The highest BCUT2D eigenvalue weighted by molar-refractivity contribution is 7.47. The zero-order chi connectivity index (χ0) is 42.8. The standard InChI is InChI=1S/C48H82NO8P/c1-6-8-10-12-14-16-18-20-22-24-26-28-30-32-34-36-38-40-47(50)54-44-46(45-56-58(52,53)55-43-42-49(3,4)5)57-48(51)41-39-37-35-33-31-29-27-25-23-21-19-17-15-13-11-9-7-2/h14-17,20-23,26-29,32,34,46H,6-13,18-19,24-25,30-31,33,35-45H2,1-5H3/p+1/b16-14-,17-15-,22-20-,23-21-,28-26-,29-27-,34-32-/t46-/m1/s1. The summed E-state index contributed by atoms with van der Waals surface area (Å²) in [5, 5.41) is 0. The Morgan fingerprint density at radius 1 is 0.534 bits per heavy atom. The van der Waals surface area contributed by atoms with E-state index in [1.807, 2.05) is 21.1 Å². The Kier molecular flexibility index (Phi) is 37.7. The quantitative estimate of drug-likeness (QED) is 0.0214. The fourth-order valence-corrected chi connectivity index (χ4v) is 6.11. The number of nitrogens with zero attached hydrogens (tertiary/aromatic N) is 1. The maximum atomic E-state index is 12.7. The fraction of sp³-hybridized carbons (Fsp3) is 0.667. The average molecular weight is 833 g/mol. The van der Waals surface area contributed by atoms with Crippen LogP contribution in [0.3, 0.4) is 0 Å². The number of quaternary nitrogens is 1. The van der Waals surface area contributed by atoms with E-state index in [4.69, 9.17) is 18.5 Å². The first-order chi connectivity index (χ1) is 28.0. The van der Waals surface area contributed by atoms with Crippen LogP contribution in [-0.4, -0.2) is 74.9 Å². The molecule has 0 amide bonds. The van der Waals surface area contributed by atoms with Crippen LogP contribution in [0.5, 0.6) is 0 Å². The molecule has 332 valence electrons. The summed E-state index contributed by atoms with van der Waals surface area (Å²) in [6.07, 6.45) is 50.6. The summed E-state index contributed by atoms with van der Waals surface area (Å²) in [6, 6.07) is 0. The third-order valence-electron chi connectivity index (χ3n) is 8.90. The summed E-state index contributed by atoms with van der Waals surface area (Å²) in [6.45, 7) is 4.25. The van der Waals surface area contributed by atoms with Crippen LogP contribution in [0.15, 0.2) is 85.1 Å². The van der Waals surface area contributed by atoms with Crippen molar-refractivity contribution in [3.63, 3.8) is 0 Å². The van der Waals surface area contributed by atoms with Crippen molar-refractivity contribution in [2.75, 3.05) is 47.5 Å². The average Bonchev–Trinajstić information content (AvgIpc) is 3.17. The summed E-state index contributed by atoms with van der Waals surface area (Å²) in [7, 11) is 1.42. The Bertz CT molecular complexity index is 1260. The second kappa shape index (κ2) is 39.6. The zero-order valence-electron chi connectivity index (χ0n) is 37.2. The van der Waals surface area contributed by atoms with Crippen LogP contribution < -0.4 is 0 Å². The van der Waals surface area contributed by atoms with Gasteiger partial charge in [0.1, 0.15) is 19.8 Å². The van der Waals surface area contributed by atoms with Gasteiger partial charge in [-0.1, -0.05) is 137 Å². The molecule has 0 aromatic heterocycles. The van der Waals surface area contributed by atoms with E-state index in [9.17, 15) is 19.0 Å². The molecular formula is C48H83NO8P+. The summed E-state index contributed by atoms with van der Waals surface area (Å²) >= 11 is 0. The van der Waals surface area contributed by atoms with Crippen molar-refractivity contribution in [2.45, 2.75) is 161 Å². The van der Waals surface area contributed by atoms with Gasteiger partial charge in [0.25, 0.3) is 0 Å². The van der Waals surface area contributed by atoms with Gasteiger partial charge in [-0.25, -0.2) is 4.57 Å². The predicted octanol–water partition coefficient (Wildman–Crippen LogP) is 12.8. The lowest BCUT2D eigenvalue weighted by Crippen LogP contribution is -2.37. The Morgan fingerprint density at radius 2 is 0.948 bits per heavy atom. The normalized spacial score (nSPS) is 14.4. The third kappa shape index (κ3) is 42.8. The van der Waals surface area contributed by atoms with Crippen LogP contribution in [0.1, 0.15) is 155 Å². The maximum absolute atomic E-state index is 12.7. The largest absolute Gasteiger partial charge is 0.472 e. The highest BCUT2D eigenvalue weighted by Crippen LogP contribution is 2.43. The Balaban J connectivity index is 4.51. The van der Waals surface area contributed by atoms with Crippen LogP contribution in [0.4, 0.5) is 0 Å². The van der Waals surface area contributed by atoms with Crippen LogP contribution in [0.2, 0.25) is 0 Å². The van der Waals surface area contributed by atoms with Crippen molar-refractivity contribution >= 4 is 19.8 Å². The predicted molar refractivity (Wildman–Crippen MR) is 242 cm³/mol. The van der Waals surface area contributed by atoms with E-state index in [2.05, 4.69) is 98.9 Å². The van der Waals surface area contributed by atoms with E-state index in [1.54, 1.807) is 0 Å². The van der Waals surface area contributed by atoms with Gasteiger partial charge in [0.2, 0.25) is 0 Å². The molecule has 0 fully saturated rings. The summed E-state index contributed by atoms with van der Waals surface area (Å²) in [4.78, 5) is 35.4. The molecule has 0 rings (SSSR count). The summed E-state index contributed by atoms with van der Waals surface area (Å²) < 4.78 is 34.2. The van der Waals surface area contributed by atoms with Crippen molar-refractivity contribution in [1.29, 1.82) is 0 Å². The molecule has 0 aliphatic carbocycles. The Hall–Kier alpha value is -2.81. The van der Waals surface area contributed by atoms with Crippen LogP contribution in [0, 0.1) is 0 Å². The summed E-state index contributed by atoms with van der Waals surface area (Å²) in [5.41, 5.74) is 0. The van der Waals surface area contributed by atoms with Gasteiger partial charge in [-0.15, -0.1) is 0 Å². The molecule has 58 heavy (non-hydrogen) atoms. The van der Waals surface area contributed by atoms with Gasteiger partial charge < -0.3 is 18.9 Å². The smallest absolute Gasteiger partial charge is 0.462 e. The van der Waals surface area contributed by atoms with E-state index in [-0.39, 0.29) is 26.1 Å². The molecule has 0 saturated carbocycles. The highest BCUT2D eigenvalue weighted by Gasteiger charge is 2.27. The molecular weight excluding hydrogens is 750 g/mol. The molecule has 0 saturated heterocycles. The minimum absolute atomic E-state index is 0.0140. The molecule has 1 N–H and O–H groups in total. The van der Waals surface area contributed by atoms with Gasteiger partial charge in [0.15, 0.2) is 6.10 Å². The van der Waals surface area contributed by atoms with E-state index < -0.39 is 32.5 Å². The van der Waals surface area contributed by atoms with Gasteiger partial charge in [0, 0.05) is 12.8 Å². The van der Waals surface area contributed by atoms with Crippen molar-refractivity contribution < 1.29 is 42.1 Å². The van der Waals surface area contributed by atoms with Gasteiger partial charge >= 0.3 is 19.8 Å². The number of hydrogen-bond acceptors (Lipinski definition) is 7. The molecule has 0 aliphatic rings. The van der Waals surface area contributed by atoms with Gasteiger partial charge in [-0.3, -0.25) is 18.6 Å². The number of likely N-dealkylation sites (N-methyl/N-ethyl adjacent to an activating group) is 1. The molecule has 0 heterocycles. The molecule has 0 radical (unpaired) electrons. The van der Waals surface area contributed by atoms with Gasteiger partial charge in [-0.05, 0) is 89.9 Å². The van der Waals surface area contributed by atoms with E-state index >= 15 is 0 Å². The fourth-order valence-electron chi connectivity index (χ4n) is 5.36. The minimum atomic E-state index is -4.40. The number of rotatable bonds is 39.